The van der Waals surface area contributed by atoms with Crippen LogP contribution in [-0.4, -0.2) is 13.7 Å². The van der Waals surface area contributed by atoms with Crippen LogP contribution in [0, 0.1) is 11.6 Å². The number of halogens is 2. The van der Waals surface area contributed by atoms with E-state index in [-0.39, 0.29) is 0 Å². The van der Waals surface area contributed by atoms with Gasteiger partial charge in [0.2, 0.25) is 0 Å². The van der Waals surface area contributed by atoms with Gasteiger partial charge in [0.15, 0.2) is 0 Å². The van der Waals surface area contributed by atoms with Crippen molar-refractivity contribution in [1.82, 2.24) is 13.7 Å². The van der Waals surface area contributed by atoms with E-state index in [1.165, 1.54) is 56.3 Å². The zero-order chi connectivity index (χ0) is 31.2. The summed E-state index contributed by atoms with van der Waals surface area (Å²) in [6.45, 7) is 0. The van der Waals surface area contributed by atoms with Gasteiger partial charge in [-0.1, -0.05) is 78.9 Å². The Morgan fingerprint density at radius 3 is 1.64 bits per heavy atom. The molecule has 3 heterocycles. The first-order valence-electron chi connectivity index (χ1n) is 16.0. The van der Waals surface area contributed by atoms with Crippen LogP contribution >= 0.6 is 0 Å². The van der Waals surface area contributed by atoms with E-state index in [4.69, 9.17) is 0 Å². The first kappa shape index (κ1) is 26.3. The molecule has 0 spiro atoms. The van der Waals surface area contributed by atoms with E-state index >= 15 is 0 Å². The average Bonchev–Trinajstić information content (AvgIpc) is 3.73. The van der Waals surface area contributed by atoms with Crippen molar-refractivity contribution in [2.75, 3.05) is 0 Å². The lowest BCUT2D eigenvalue weighted by molar-refractivity contribution is 0.582. The topological polar surface area (TPSA) is 14.8 Å². The molecule has 1 aliphatic rings. The lowest BCUT2D eigenvalue weighted by Gasteiger charge is -2.20. The Hall–Kier alpha value is -5.94. The highest BCUT2D eigenvalue weighted by molar-refractivity contribution is 6.15. The highest BCUT2D eigenvalue weighted by atomic mass is 19.1. The lowest BCUT2D eigenvalue weighted by atomic mass is 9.99. The number of allylic oxidation sites excluding steroid dienone is 1. The highest BCUT2D eigenvalue weighted by Crippen LogP contribution is 2.43. The van der Waals surface area contributed by atoms with Crippen molar-refractivity contribution in [3.63, 3.8) is 0 Å². The van der Waals surface area contributed by atoms with Crippen molar-refractivity contribution < 1.29 is 8.78 Å². The summed E-state index contributed by atoms with van der Waals surface area (Å²) in [5.41, 5.74) is 10.7. The van der Waals surface area contributed by atoms with Gasteiger partial charge in [0.05, 0.1) is 39.0 Å². The second-order valence-corrected chi connectivity index (χ2v) is 12.4. The van der Waals surface area contributed by atoms with Crippen LogP contribution in [-0.2, 0) is 6.42 Å². The van der Waals surface area contributed by atoms with Crippen molar-refractivity contribution in [2.45, 2.75) is 12.8 Å². The molecule has 0 N–H and O–H groups in total. The van der Waals surface area contributed by atoms with Gasteiger partial charge in [0.1, 0.15) is 11.6 Å². The number of nitrogens with zero attached hydrogens (tertiary/aromatic N) is 3. The number of para-hydroxylation sites is 4. The van der Waals surface area contributed by atoms with Crippen LogP contribution in [0.15, 0.2) is 133 Å². The normalized spacial score (nSPS) is 13.3. The third-order valence-corrected chi connectivity index (χ3v) is 9.83. The maximum absolute atomic E-state index is 14.5. The van der Waals surface area contributed by atoms with E-state index in [1.807, 2.05) is 34.9 Å². The van der Waals surface area contributed by atoms with Gasteiger partial charge in [-0.15, -0.1) is 0 Å². The Kier molecular flexibility index (Phi) is 5.47. The summed E-state index contributed by atoms with van der Waals surface area (Å²) in [6.07, 6.45) is 4.13. The standard InChI is InChI=1S/C42H27F2N3/c43-26-22-27(44)24-29(23-26)46-38-17-8-4-13-33(38)42-40(46)18-9-19-41(42)47-37-16-7-3-12-32(37)34-25-28(20-21-39(34)47)45-35-14-5-1-10-30(35)31-11-2-6-15-36(31)45/h1-19,22-25H,20-21H2. The van der Waals surface area contributed by atoms with Crippen molar-refractivity contribution in [1.29, 1.82) is 0 Å². The lowest BCUT2D eigenvalue weighted by Crippen LogP contribution is -2.08. The molecule has 224 valence electrons. The molecule has 9 aromatic rings. The molecule has 0 amide bonds. The van der Waals surface area contributed by atoms with Crippen LogP contribution < -0.4 is 0 Å². The van der Waals surface area contributed by atoms with E-state index in [0.29, 0.717) is 5.69 Å². The van der Waals surface area contributed by atoms with Gasteiger partial charge < -0.3 is 13.7 Å². The molecule has 0 atom stereocenters. The summed E-state index contributed by atoms with van der Waals surface area (Å²) in [6, 6.07) is 44.0. The van der Waals surface area contributed by atoms with Gasteiger partial charge in [0.25, 0.3) is 0 Å². The minimum atomic E-state index is -0.599. The van der Waals surface area contributed by atoms with Gasteiger partial charge in [0, 0.05) is 50.0 Å². The fourth-order valence-corrected chi connectivity index (χ4v) is 8.03. The largest absolute Gasteiger partial charge is 0.313 e. The summed E-state index contributed by atoms with van der Waals surface area (Å²) in [4.78, 5) is 0. The van der Waals surface area contributed by atoms with Crippen LogP contribution in [0.25, 0.3) is 77.7 Å². The first-order valence-corrected chi connectivity index (χ1v) is 16.0. The Labute approximate surface area is 268 Å². The molecule has 47 heavy (non-hydrogen) atoms. The van der Waals surface area contributed by atoms with Crippen molar-refractivity contribution in [3.05, 3.63) is 156 Å². The second kappa shape index (κ2) is 9.78. The summed E-state index contributed by atoms with van der Waals surface area (Å²) in [7, 11) is 0. The molecule has 0 bridgehead atoms. The molecule has 0 radical (unpaired) electrons. The van der Waals surface area contributed by atoms with Gasteiger partial charge in [-0.05, 0) is 67.4 Å². The summed E-state index contributed by atoms with van der Waals surface area (Å²) in [5.74, 6) is -1.20. The fourth-order valence-electron chi connectivity index (χ4n) is 8.03. The molecule has 3 nitrogen and oxygen atoms in total. The minimum Gasteiger partial charge on any atom is -0.313 e. The van der Waals surface area contributed by atoms with Gasteiger partial charge in [-0.2, -0.15) is 0 Å². The average molecular weight is 612 g/mol. The van der Waals surface area contributed by atoms with Crippen LogP contribution in [0.5, 0.6) is 0 Å². The SMILES string of the molecule is Fc1cc(F)cc(-n2c3ccccc3c3c(-n4c5c(c6ccccc64)C=C(n4c6ccccc6c6ccccc64)CC5)cccc32)c1. The van der Waals surface area contributed by atoms with Crippen molar-refractivity contribution in [3.8, 4) is 11.4 Å². The fraction of sp³-hybridized carbons (Fsp3) is 0.0476. The molecule has 5 heteroatoms. The third-order valence-electron chi connectivity index (χ3n) is 9.83. The van der Waals surface area contributed by atoms with Crippen LogP contribution in [0.3, 0.4) is 0 Å². The van der Waals surface area contributed by atoms with E-state index in [0.717, 1.165) is 51.9 Å². The molecular weight excluding hydrogens is 584 g/mol. The quantitative estimate of drug-likeness (QED) is 0.189. The predicted octanol–water partition coefficient (Wildman–Crippen LogP) is 11.1. The third kappa shape index (κ3) is 3.71. The molecule has 0 saturated heterocycles. The Morgan fingerprint density at radius 2 is 0.979 bits per heavy atom. The number of benzene rings is 6. The van der Waals surface area contributed by atoms with Gasteiger partial charge in [-0.3, -0.25) is 0 Å². The number of fused-ring (bicyclic) bond motifs is 9. The van der Waals surface area contributed by atoms with E-state index in [1.54, 1.807) is 0 Å². The Morgan fingerprint density at radius 1 is 0.447 bits per heavy atom. The van der Waals surface area contributed by atoms with Gasteiger partial charge >= 0.3 is 0 Å². The predicted molar refractivity (Wildman–Crippen MR) is 189 cm³/mol. The number of hydrogen-bond donors (Lipinski definition) is 0. The Balaban J connectivity index is 1.26. The number of aromatic nitrogens is 3. The number of rotatable bonds is 3. The zero-order valence-electron chi connectivity index (χ0n) is 25.3. The first-order chi connectivity index (χ1) is 23.2. The monoisotopic (exact) mass is 611 g/mol. The van der Waals surface area contributed by atoms with Gasteiger partial charge in [-0.25, -0.2) is 8.78 Å². The second-order valence-electron chi connectivity index (χ2n) is 12.4. The summed E-state index contributed by atoms with van der Waals surface area (Å²) < 4.78 is 35.9. The maximum atomic E-state index is 14.5. The molecule has 1 aliphatic carbocycles. The molecule has 0 unspecified atom stereocenters. The highest BCUT2D eigenvalue weighted by Gasteiger charge is 2.25. The zero-order valence-corrected chi connectivity index (χ0v) is 25.3. The van der Waals surface area contributed by atoms with Crippen LogP contribution in [0.1, 0.15) is 17.7 Å². The summed E-state index contributed by atoms with van der Waals surface area (Å²) >= 11 is 0. The molecule has 0 saturated carbocycles. The van der Waals surface area contributed by atoms with E-state index in [2.05, 4.69) is 100 Å². The van der Waals surface area contributed by atoms with Crippen LogP contribution in [0.2, 0.25) is 0 Å². The number of hydrogen-bond acceptors (Lipinski definition) is 0. The molecule has 6 aromatic carbocycles. The molecule has 10 rings (SSSR count). The molecule has 3 aromatic heterocycles. The van der Waals surface area contributed by atoms with Crippen LogP contribution in [0.4, 0.5) is 8.78 Å². The van der Waals surface area contributed by atoms with Crippen molar-refractivity contribution in [2.24, 2.45) is 0 Å². The molecule has 0 fully saturated rings. The molecule has 0 aliphatic heterocycles. The summed E-state index contributed by atoms with van der Waals surface area (Å²) in [5, 5.41) is 5.81. The van der Waals surface area contributed by atoms with E-state index in [9.17, 15) is 8.78 Å². The van der Waals surface area contributed by atoms with Crippen molar-refractivity contribution >= 4 is 66.3 Å². The minimum absolute atomic E-state index is 0.462. The Bertz CT molecular complexity index is 2700. The maximum Gasteiger partial charge on any atom is 0.128 e. The smallest absolute Gasteiger partial charge is 0.128 e. The molecular formula is C42H27F2N3. The van der Waals surface area contributed by atoms with E-state index < -0.39 is 11.6 Å².